The maximum absolute atomic E-state index is 4.89. The molecule has 0 radical (unpaired) electrons. The topological polar surface area (TPSA) is 48.4 Å². The van der Waals surface area contributed by atoms with E-state index < -0.39 is 0 Å². The molecule has 1 atom stereocenters. The molecule has 2 N–H and O–H groups in total. The molecule has 1 fully saturated rings. The first-order valence-corrected chi connectivity index (χ1v) is 16.4. The van der Waals surface area contributed by atoms with Crippen LogP contribution in [-0.4, -0.2) is 47.4 Å². The van der Waals surface area contributed by atoms with Gasteiger partial charge in [0.15, 0.2) is 5.82 Å². The van der Waals surface area contributed by atoms with Crippen LogP contribution in [0, 0.1) is 11.8 Å². The summed E-state index contributed by atoms with van der Waals surface area (Å²) < 4.78 is 2.01. The molecule has 1 unspecified atom stereocenters. The van der Waals surface area contributed by atoms with Crippen molar-refractivity contribution in [1.29, 1.82) is 0 Å². The van der Waals surface area contributed by atoms with Gasteiger partial charge in [-0.3, -0.25) is 4.68 Å². The van der Waals surface area contributed by atoms with Gasteiger partial charge in [-0.05, 0) is 93.5 Å². The lowest BCUT2D eigenvalue weighted by molar-refractivity contribution is 0.203. The second kappa shape index (κ2) is 17.9. The fourth-order valence-electron chi connectivity index (χ4n) is 6.57. The SMILES string of the molecule is C=CNCCC(CCC1CCCCC1)CN(CCC)CCCc1ccc2c(N(CCC)C(=C)NC=C)nn(C)c2c1. The molecule has 0 saturated heterocycles. The van der Waals surface area contributed by atoms with Crippen LogP contribution in [0.25, 0.3) is 10.9 Å². The highest BCUT2D eigenvalue weighted by Gasteiger charge is 2.20. The largest absolute Gasteiger partial charge is 0.391 e. The fourth-order valence-corrected chi connectivity index (χ4v) is 6.57. The summed E-state index contributed by atoms with van der Waals surface area (Å²) in [6.45, 7) is 21.8. The van der Waals surface area contributed by atoms with Crippen molar-refractivity contribution in [3.8, 4) is 0 Å². The minimum Gasteiger partial charge on any atom is -0.391 e. The van der Waals surface area contributed by atoms with Crippen LogP contribution < -0.4 is 15.5 Å². The third kappa shape index (κ3) is 10.2. The molecule has 0 aliphatic heterocycles. The van der Waals surface area contributed by atoms with Crippen LogP contribution in [0.2, 0.25) is 0 Å². The Morgan fingerprint density at radius 3 is 2.56 bits per heavy atom. The van der Waals surface area contributed by atoms with E-state index in [2.05, 4.69) is 72.2 Å². The average molecular weight is 563 g/mol. The van der Waals surface area contributed by atoms with Crippen LogP contribution in [0.1, 0.15) is 90.0 Å². The lowest BCUT2D eigenvalue weighted by Crippen LogP contribution is -2.33. The zero-order valence-electron chi connectivity index (χ0n) is 26.5. The molecule has 0 bridgehead atoms. The number of nitrogens with zero attached hydrogens (tertiary/aromatic N) is 4. The number of fused-ring (bicyclic) bond motifs is 1. The van der Waals surface area contributed by atoms with E-state index in [1.807, 2.05) is 17.9 Å². The maximum Gasteiger partial charge on any atom is 0.164 e. The molecule has 1 heterocycles. The monoisotopic (exact) mass is 562 g/mol. The Morgan fingerprint density at radius 2 is 1.85 bits per heavy atom. The van der Waals surface area contributed by atoms with Crippen molar-refractivity contribution in [3.05, 3.63) is 61.7 Å². The summed E-state index contributed by atoms with van der Waals surface area (Å²) in [6, 6.07) is 6.87. The van der Waals surface area contributed by atoms with Crippen molar-refractivity contribution in [2.24, 2.45) is 18.9 Å². The first-order valence-electron chi connectivity index (χ1n) is 16.4. The van der Waals surface area contributed by atoms with Gasteiger partial charge >= 0.3 is 0 Å². The Kier molecular flexibility index (Phi) is 14.3. The second-order valence-electron chi connectivity index (χ2n) is 12.0. The van der Waals surface area contributed by atoms with E-state index in [0.717, 1.165) is 56.0 Å². The molecule has 41 heavy (non-hydrogen) atoms. The summed E-state index contributed by atoms with van der Waals surface area (Å²) >= 11 is 0. The fraction of sp³-hybridized carbons (Fsp3) is 0.629. The van der Waals surface area contributed by atoms with Crippen LogP contribution in [0.5, 0.6) is 0 Å². The molecule has 2 aromatic rings. The van der Waals surface area contributed by atoms with Crippen molar-refractivity contribution in [1.82, 2.24) is 25.3 Å². The Labute approximate surface area is 250 Å². The normalized spacial score (nSPS) is 14.7. The van der Waals surface area contributed by atoms with Gasteiger partial charge in [-0.1, -0.05) is 78.2 Å². The molecule has 228 valence electrons. The number of aryl methyl sites for hydroxylation is 2. The highest BCUT2D eigenvalue weighted by Crippen LogP contribution is 2.30. The number of anilines is 1. The van der Waals surface area contributed by atoms with Gasteiger partial charge in [-0.15, -0.1) is 0 Å². The van der Waals surface area contributed by atoms with E-state index in [-0.39, 0.29) is 0 Å². The zero-order chi connectivity index (χ0) is 29.5. The predicted molar refractivity (Wildman–Crippen MR) is 178 cm³/mol. The first-order chi connectivity index (χ1) is 20.0. The van der Waals surface area contributed by atoms with E-state index in [1.54, 1.807) is 6.20 Å². The summed E-state index contributed by atoms with van der Waals surface area (Å²) in [4.78, 5) is 4.89. The standard InChI is InChI=1S/C35H58N6/c1-7-24-40(28-32(22-23-36-9-3)19-18-30-15-12-11-13-16-30)26-14-17-31-20-21-33-34(27-31)39(6)38-35(33)41(25-8-2)29(5)37-10-4/h9-10,20-21,27,30,32,36-37H,3-5,7-8,11-19,22-26,28H2,1-2,6H3. The highest BCUT2D eigenvalue weighted by atomic mass is 15.4. The van der Waals surface area contributed by atoms with Crippen molar-refractivity contribution in [3.63, 3.8) is 0 Å². The molecule has 6 heteroatoms. The van der Waals surface area contributed by atoms with E-state index in [1.165, 1.54) is 93.8 Å². The molecule has 0 amide bonds. The van der Waals surface area contributed by atoms with Gasteiger partial charge in [-0.2, -0.15) is 5.10 Å². The number of hydrogen-bond acceptors (Lipinski definition) is 5. The van der Waals surface area contributed by atoms with E-state index in [4.69, 9.17) is 5.10 Å². The van der Waals surface area contributed by atoms with Crippen LogP contribution in [0.4, 0.5) is 5.82 Å². The van der Waals surface area contributed by atoms with Crippen LogP contribution in [-0.2, 0) is 13.5 Å². The summed E-state index contributed by atoms with van der Waals surface area (Å²) in [6.07, 6.45) is 19.3. The Bertz CT molecular complexity index is 1070. The third-order valence-electron chi connectivity index (χ3n) is 8.74. The number of nitrogens with one attached hydrogen (secondary N) is 2. The third-order valence-corrected chi connectivity index (χ3v) is 8.74. The minimum atomic E-state index is 0.761. The van der Waals surface area contributed by atoms with Gasteiger partial charge < -0.3 is 20.4 Å². The second-order valence-corrected chi connectivity index (χ2v) is 12.0. The van der Waals surface area contributed by atoms with Gasteiger partial charge in [0.25, 0.3) is 0 Å². The summed E-state index contributed by atoms with van der Waals surface area (Å²) in [7, 11) is 2.04. The summed E-state index contributed by atoms with van der Waals surface area (Å²) in [5, 5.41) is 12.6. The van der Waals surface area contributed by atoms with E-state index in [9.17, 15) is 0 Å². The molecule has 0 spiro atoms. The van der Waals surface area contributed by atoms with Crippen LogP contribution in [0.3, 0.4) is 0 Å². The van der Waals surface area contributed by atoms with Crippen molar-refractivity contribution in [2.75, 3.05) is 37.6 Å². The molecular weight excluding hydrogens is 504 g/mol. The Morgan fingerprint density at radius 1 is 1.07 bits per heavy atom. The lowest BCUT2D eigenvalue weighted by atomic mass is 9.83. The summed E-state index contributed by atoms with van der Waals surface area (Å²) in [5.74, 6) is 3.48. The van der Waals surface area contributed by atoms with Crippen LogP contribution in [0.15, 0.2) is 56.2 Å². The van der Waals surface area contributed by atoms with Crippen molar-refractivity contribution >= 4 is 16.7 Å². The molecule has 1 aliphatic rings. The lowest BCUT2D eigenvalue weighted by Gasteiger charge is -2.29. The van der Waals surface area contributed by atoms with Crippen molar-refractivity contribution in [2.45, 2.75) is 90.9 Å². The molecule has 6 nitrogen and oxygen atoms in total. The predicted octanol–water partition coefficient (Wildman–Crippen LogP) is 7.74. The molecule has 1 saturated carbocycles. The number of rotatable bonds is 21. The molecular formula is C35H58N6. The van der Waals surface area contributed by atoms with E-state index in [0.29, 0.717) is 0 Å². The first kappa shape index (κ1) is 32.8. The molecule has 3 rings (SSSR count). The summed E-state index contributed by atoms with van der Waals surface area (Å²) in [5.41, 5.74) is 2.56. The van der Waals surface area contributed by atoms with Gasteiger partial charge in [0, 0.05) is 32.1 Å². The van der Waals surface area contributed by atoms with Gasteiger partial charge in [0.05, 0.1) is 5.52 Å². The highest BCUT2D eigenvalue weighted by molar-refractivity contribution is 5.91. The maximum atomic E-state index is 4.89. The van der Waals surface area contributed by atoms with Gasteiger partial charge in [0.2, 0.25) is 0 Å². The van der Waals surface area contributed by atoms with Crippen molar-refractivity contribution < 1.29 is 0 Å². The molecule has 1 aromatic carbocycles. The number of aromatic nitrogens is 2. The molecule has 1 aromatic heterocycles. The smallest absolute Gasteiger partial charge is 0.164 e. The quantitative estimate of drug-likeness (QED) is 0.152. The van der Waals surface area contributed by atoms with Crippen LogP contribution >= 0.6 is 0 Å². The Hall–Kier alpha value is -2.73. The van der Waals surface area contributed by atoms with Gasteiger partial charge in [-0.25, -0.2) is 0 Å². The number of benzene rings is 1. The Balaban J connectivity index is 1.61. The minimum absolute atomic E-state index is 0.761. The average Bonchev–Trinajstić information content (AvgIpc) is 3.30. The van der Waals surface area contributed by atoms with Gasteiger partial charge in [0.1, 0.15) is 5.82 Å². The molecule has 1 aliphatic carbocycles. The zero-order valence-corrected chi connectivity index (χ0v) is 26.5. The number of hydrogen-bond donors (Lipinski definition) is 2. The van der Waals surface area contributed by atoms with E-state index >= 15 is 0 Å².